The first-order valence-corrected chi connectivity index (χ1v) is 9.25. The van der Waals surface area contributed by atoms with Crippen LogP contribution in [0.1, 0.15) is 21.5 Å². The van der Waals surface area contributed by atoms with Gasteiger partial charge < -0.3 is 15.4 Å². The molecule has 142 valence electrons. The first kappa shape index (κ1) is 18.3. The SMILES string of the molecule is COc1ccc(-c2cc(C(N)=O)c3c(n2)-c2ccc(N(C)C)cc2C3)cc1Cl. The van der Waals surface area contributed by atoms with Crippen molar-refractivity contribution >= 4 is 23.2 Å². The number of pyridine rings is 1. The summed E-state index contributed by atoms with van der Waals surface area (Å²) in [7, 11) is 5.57. The molecule has 0 unspecified atom stereocenters. The zero-order chi connectivity index (χ0) is 20.0. The van der Waals surface area contributed by atoms with Gasteiger partial charge in [0.1, 0.15) is 5.75 Å². The van der Waals surface area contributed by atoms with E-state index < -0.39 is 5.91 Å². The Kier molecular flexibility index (Phi) is 4.47. The second kappa shape index (κ2) is 6.84. The van der Waals surface area contributed by atoms with Gasteiger partial charge in [0.15, 0.2) is 0 Å². The number of primary amides is 1. The quantitative estimate of drug-likeness (QED) is 0.565. The molecule has 3 aromatic rings. The molecule has 0 radical (unpaired) electrons. The van der Waals surface area contributed by atoms with Gasteiger partial charge in [-0.2, -0.15) is 0 Å². The molecule has 0 atom stereocenters. The molecule has 1 aromatic heterocycles. The Balaban J connectivity index is 1.89. The third-order valence-corrected chi connectivity index (χ3v) is 5.36. The number of aromatic nitrogens is 1. The fourth-order valence-corrected chi connectivity index (χ4v) is 3.85. The van der Waals surface area contributed by atoms with Gasteiger partial charge in [-0.05, 0) is 47.5 Å². The molecule has 28 heavy (non-hydrogen) atoms. The van der Waals surface area contributed by atoms with Crippen molar-refractivity contribution in [3.8, 4) is 28.3 Å². The number of halogens is 1. The van der Waals surface area contributed by atoms with E-state index in [0.717, 1.165) is 33.6 Å². The van der Waals surface area contributed by atoms with Gasteiger partial charge in [0, 0.05) is 42.9 Å². The highest BCUT2D eigenvalue weighted by atomic mass is 35.5. The number of carbonyl (C=O) groups excluding carboxylic acids is 1. The fraction of sp³-hybridized carbons (Fsp3) is 0.182. The van der Waals surface area contributed by atoms with Crippen molar-refractivity contribution in [1.29, 1.82) is 0 Å². The number of fused-ring (bicyclic) bond motifs is 3. The third-order valence-electron chi connectivity index (χ3n) is 5.06. The highest BCUT2D eigenvalue weighted by molar-refractivity contribution is 6.32. The summed E-state index contributed by atoms with van der Waals surface area (Å²) in [5.74, 6) is 0.128. The maximum atomic E-state index is 12.2. The number of benzene rings is 2. The summed E-state index contributed by atoms with van der Waals surface area (Å²) in [6.07, 6.45) is 0.640. The van der Waals surface area contributed by atoms with Crippen molar-refractivity contribution in [2.24, 2.45) is 5.73 Å². The summed E-state index contributed by atoms with van der Waals surface area (Å²) < 4.78 is 5.22. The monoisotopic (exact) mass is 393 g/mol. The van der Waals surface area contributed by atoms with E-state index in [2.05, 4.69) is 23.1 Å². The summed E-state index contributed by atoms with van der Waals surface area (Å²) in [4.78, 5) is 19.1. The molecule has 4 rings (SSSR count). The number of methoxy groups -OCH3 is 1. The van der Waals surface area contributed by atoms with E-state index in [-0.39, 0.29) is 0 Å². The van der Waals surface area contributed by atoms with Crippen molar-refractivity contribution in [2.75, 3.05) is 26.1 Å². The molecule has 2 N–H and O–H groups in total. The fourth-order valence-electron chi connectivity index (χ4n) is 3.59. The van der Waals surface area contributed by atoms with Gasteiger partial charge in [-0.15, -0.1) is 0 Å². The van der Waals surface area contributed by atoms with Gasteiger partial charge in [0.2, 0.25) is 5.91 Å². The average molecular weight is 394 g/mol. The van der Waals surface area contributed by atoms with Gasteiger partial charge in [-0.3, -0.25) is 4.79 Å². The number of hydrogen-bond donors (Lipinski definition) is 1. The lowest BCUT2D eigenvalue weighted by atomic mass is 10.0. The summed E-state index contributed by atoms with van der Waals surface area (Å²) >= 11 is 6.28. The number of nitrogens with two attached hydrogens (primary N) is 1. The molecule has 6 heteroatoms. The Hall–Kier alpha value is -3.05. The summed E-state index contributed by atoms with van der Waals surface area (Å²) in [5.41, 5.74) is 12.6. The van der Waals surface area contributed by atoms with Gasteiger partial charge in [0.05, 0.1) is 23.5 Å². The number of rotatable bonds is 4. The molecule has 0 bridgehead atoms. The Labute approximate surface area is 168 Å². The predicted octanol–water partition coefficient (Wildman–Crippen LogP) is 4.15. The molecule has 0 fully saturated rings. The second-order valence-corrected chi connectivity index (χ2v) is 7.42. The molecule has 0 saturated carbocycles. The van der Waals surface area contributed by atoms with E-state index in [9.17, 15) is 4.79 Å². The summed E-state index contributed by atoms with van der Waals surface area (Å²) in [5, 5.41) is 0.485. The molecule has 1 heterocycles. The van der Waals surface area contributed by atoms with Crippen LogP contribution in [0.25, 0.3) is 22.5 Å². The van der Waals surface area contributed by atoms with Crippen LogP contribution < -0.4 is 15.4 Å². The highest BCUT2D eigenvalue weighted by Crippen LogP contribution is 2.40. The van der Waals surface area contributed by atoms with Crippen LogP contribution in [0.15, 0.2) is 42.5 Å². The summed E-state index contributed by atoms with van der Waals surface area (Å²) in [6.45, 7) is 0. The Bertz CT molecular complexity index is 1110. The van der Waals surface area contributed by atoms with E-state index in [1.165, 1.54) is 0 Å². The van der Waals surface area contributed by atoms with Crippen molar-refractivity contribution in [2.45, 2.75) is 6.42 Å². The second-order valence-electron chi connectivity index (χ2n) is 7.01. The minimum absolute atomic E-state index is 0.458. The number of ether oxygens (including phenoxy) is 1. The summed E-state index contributed by atoms with van der Waals surface area (Å²) in [6, 6.07) is 13.4. The van der Waals surface area contributed by atoms with Crippen LogP contribution in [0.3, 0.4) is 0 Å². The molecule has 1 amide bonds. The number of amides is 1. The topological polar surface area (TPSA) is 68.5 Å². The van der Waals surface area contributed by atoms with Crippen molar-refractivity contribution in [1.82, 2.24) is 4.98 Å². The molecule has 0 saturated heterocycles. The lowest BCUT2D eigenvalue weighted by Gasteiger charge is -2.13. The van der Waals surface area contributed by atoms with Gasteiger partial charge in [-0.25, -0.2) is 4.98 Å². The number of nitrogens with zero attached hydrogens (tertiary/aromatic N) is 2. The molecule has 1 aliphatic rings. The lowest BCUT2D eigenvalue weighted by molar-refractivity contribution is 0.0999. The highest BCUT2D eigenvalue weighted by Gasteiger charge is 2.26. The molecule has 2 aromatic carbocycles. The molecule has 0 aliphatic heterocycles. The minimum atomic E-state index is -0.458. The zero-order valence-electron chi connectivity index (χ0n) is 15.9. The van der Waals surface area contributed by atoms with Crippen LogP contribution in [0.2, 0.25) is 5.02 Å². The maximum Gasteiger partial charge on any atom is 0.249 e. The van der Waals surface area contributed by atoms with Crippen LogP contribution in [0.5, 0.6) is 5.75 Å². The molecule has 1 aliphatic carbocycles. The van der Waals surface area contributed by atoms with E-state index >= 15 is 0 Å². The van der Waals surface area contributed by atoms with Crippen LogP contribution in [0, 0.1) is 0 Å². The minimum Gasteiger partial charge on any atom is -0.495 e. The number of anilines is 1. The van der Waals surface area contributed by atoms with Gasteiger partial charge in [-0.1, -0.05) is 17.7 Å². The maximum absolute atomic E-state index is 12.2. The lowest BCUT2D eigenvalue weighted by Crippen LogP contribution is -2.14. The van der Waals surface area contributed by atoms with Crippen LogP contribution in [-0.4, -0.2) is 32.1 Å². The molecular formula is C22H20ClN3O2. The molecule has 5 nitrogen and oxygen atoms in total. The van der Waals surface area contributed by atoms with Gasteiger partial charge in [0.25, 0.3) is 0 Å². The Morgan fingerprint density at radius 1 is 1.18 bits per heavy atom. The van der Waals surface area contributed by atoms with E-state index in [4.69, 9.17) is 27.1 Å². The standard InChI is InChI=1S/C22H20ClN3O2/c1-26(2)14-5-6-15-13(8-14)9-16-17(22(24)27)11-19(25-21(15)16)12-4-7-20(28-3)18(23)10-12/h4-8,10-11H,9H2,1-3H3,(H2,24,27). The largest absolute Gasteiger partial charge is 0.495 e. The van der Waals surface area contributed by atoms with E-state index in [1.807, 2.05) is 20.2 Å². The Morgan fingerprint density at radius 2 is 1.96 bits per heavy atom. The predicted molar refractivity (Wildman–Crippen MR) is 112 cm³/mol. The zero-order valence-corrected chi connectivity index (χ0v) is 16.7. The third kappa shape index (κ3) is 2.98. The molecule has 0 spiro atoms. The van der Waals surface area contributed by atoms with Crippen LogP contribution in [-0.2, 0) is 6.42 Å². The van der Waals surface area contributed by atoms with Crippen LogP contribution >= 0.6 is 11.6 Å². The van der Waals surface area contributed by atoms with Crippen molar-refractivity contribution in [3.05, 3.63) is 64.2 Å². The number of hydrogen-bond acceptors (Lipinski definition) is 4. The van der Waals surface area contributed by atoms with Gasteiger partial charge >= 0.3 is 0 Å². The normalized spacial score (nSPS) is 11.7. The average Bonchev–Trinajstić information content (AvgIpc) is 3.04. The first-order valence-electron chi connectivity index (χ1n) is 8.87. The smallest absolute Gasteiger partial charge is 0.249 e. The Morgan fingerprint density at radius 3 is 2.61 bits per heavy atom. The van der Waals surface area contributed by atoms with E-state index in [0.29, 0.717) is 28.5 Å². The molecular weight excluding hydrogens is 374 g/mol. The van der Waals surface area contributed by atoms with Crippen molar-refractivity contribution < 1.29 is 9.53 Å². The van der Waals surface area contributed by atoms with Crippen LogP contribution in [0.4, 0.5) is 5.69 Å². The first-order chi connectivity index (χ1) is 13.4. The van der Waals surface area contributed by atoms with E-state index in [1.54, 1.807) is 25.3 Å². The van der Waals surface area contributed by atoms with Crippen molar-refractivity contribution in [3.63, 3.8) is 0 Å². The number of carbonyl (C=O) groups is 1.